The largest absolute Gasteiger partial charge is 0.342 e. The fourth-order valence-electron chi connectivity index (χ4n) is 5.72. The van der Waals surface area contributed by atoms with Gasteiger partial charge in [0.15, 0.2) is 9.84 Å². The Morgan fingerprint density at radius 1 is 1.00 bits per heavy atom. The van der Waals surface area contributed by atoms with Crippen molar-refractivity contribution in [3.8, 4) is 0 Å². The first-order valence-electron chi connectivity index (χ1n) is 10.9. The van der Waals surface area contributed by atoms with Crippen LogP contribution in [0.15, 0.2) is 59.5 Å². The molecular formula is C24H28N2O3S. The van der Waals surface area contributed by atoms with Gasteiger partial charge in [-0.1, -0.05) is 48.5 Å². The minimum absolute atomic E-state index is 0.117. The zero-order valence-corrected chi connectivity index (χ0v) is 17.9. The molecule has 0 saturated carbocycles. The molecule has 3 aliphatic heterocycles. The molecule has 2 aromatic carbocycles. The van der Waals surface area contributed by atoms with Crippen LogP contribution in [0.2, 0.25) is 0 Å². The summed E-state index contributed by atoms with van der Waals surface area (Å²) in [6.07, 6.45) is 2.47. The van der Waals surface area contributed by atoms with Crippen LogP contribution in [0.25, 0.3) is 0 Å². The third kappa shape index (κ3) is 3.17. The molecule has 0 aliphatic carbocycles. The number of fused-ring (bicyclic) bond motifs is 2. The zero-order chi connectivity index (χ0) is 20.8. The van der Waals surface area contributed by atoms with Gasteiger partial charge in [0.2, 0.25) is 5.91 Å². The summed E-state index contributed by atoms with van der Waals surface area (Å²) in [5.41, 5.74) is 1.77. The van der Waals surface area contributed by atoms with Crippen LogP contribution in [-0.2, 0) is 20.0 Å². The van der Waals surface area contributed by atoms with Crippen molar-refractivity contribution in [1.82, 2.24) is 10.2 Å². The Bertz CT molecular complexity index is 1050. The highest BCUT2D eigenvalue weighted by atomic mass is 32.2. The Hall–Kier alpha value is -2.18. The third-order valence-corrected chi connectivity index (χ3v) is 9.17. The number of piperidine rings is 1. The molecule has 1 amide bonds. The molecule has 5 nitrogen and oxygen atoms in total. The third-order valence-electron chi connectivity index (χ3n) is 7.41. The number of nitrogens with zero attached hydrogens (tertiary/aromatic N) is 1. The Balaban J connectivity index is 1.38. The first-order valence-corrected chi connectivity index (χ1v) is 12.5. The second-order valence-corrected chi connectivity index (χ2v) is 11.0. The van der Waals surface area contributed by atoms with E-state index in [2.05, 4.69) is 29.6 Å². The fourth-order valence-corrected chi connectivity index (χ4v) is 7.46. The normalized spacial score (nSPS) is 28.4. The van der Waals surface area contributed by atoms with E-state index in [9.17, 15) is 13.2 Å². The average Bonchev–Trinajstić information content (AvgIpc) is 3.22. The number of hydrogen-bond acceptors (Lipinski definition) is 4. The first-order chi connectivity index (χ1) is 14.5. The monoisotopic (exact) mass is 424 g/mol. The SMILES string of the molecule is O=C([C@@H]1CNC[C@]12CCS(=O)(=O)c1ccccc12)N1CCC(c2ccccc2)CC1. The molecule has 3 aliphatic rings. The molecule has 0 bridgehead atoms. The van der Waals surface area contributed by atoms with Crippen LogP contribution in [0.5, 0.6) is 0 Å². The molecule has 0 aromatic heterocycles. The lowest BCUT2D eigenvalue weighted by atomic mass is 9.69. The molecule has 1 spiro atoms. The fraction of sp³-hybridized carbons (Fsp3) is 0.458. The molecule has 1 N–H and O–H groups in total. The van der Waals surface area contributed by atoms with Gasteiger partial charge in [-0.25, -0.2) is 8.42 Å². The van der Waals surface area contributed by atoms with Crippen molar-refractivity contribution in [2.24, 2.45) is 5.92 Å². The summed E-state index contributed by atoms with van der Waals surface area (Å²) >= 11 is 0. The van der Waals surface area contributed by atoms with Crippen molar-refractivity contribution < 1.29 is 13.2 Å². The van der Waals surface area contributed by atoms with Crippen molar-refractivity contribution in [1.29, 1.82) is 0 Å². The molecule has 30 heavy (non-hydrogen) atoms. The molecule has 3 heterocycles. The zero-order valence-electron chi connectivity index (χ0n) is 17.1. The predicted molar refractivity (Wildman–Crippen MR) is 116 cm³/mol. The summed E-state index contributed by atoms with van der Waals surface area (Å²) in [6, 6.07) is 17.9. The number of hydrogen-bond donors (Lipinski definition) is 1. The van der Waals surface area contributed by atoms with E-state index in [4.69, 9.17) is 0 Å². The molecule has 0 radical (unpaired) electrons. The van der Waals surface area contributed by atoms with E-state index in [0.29, 0.717) is 30.3 Å². The van der Waals surface area contributed by atoms with E-state index in [1.165, 1.54) is 5.56 Å². The van der Waals surface area contributed by atoms with Crippen molar-refractivity contribution in [2.45, 2.75) is 35.5 Å². The highest BCUT2D eigenvalue weighted by Crippen LogP contribution is 2.46. The highest BCUT2D eigenvalue weighted by Gasteiger charge is 2.53. The highest BCUT2D eigenvalue weighted by molar-refractivity contribution is 7.91. The van der Waals surface area contributed by atoms with Crippen molar-refractivity contribution in [3.05, 3.63) is 65.7 Å². The summed E-state index contributed by atoms with van der Waals surface area (Å²) in [5, 5.41) is 3.41. The van der Waals surface area contributed by atoms with Crippen LogP contribution in [0.4, 0.5) is 0 Å². The van der Waals surface area contributed by atoms with Gasteiger partial charge in [0, 0.05) is 31.6 Å². The molecule has 2 saturated heterocycles. The summed E-state index contributed by atoms with van der Waals surface area (Å²) in [5.74, 6) is 0.598. The summed E-state index contributed by atoms with van der Waals surface area (Å²) in [4.78, 5) is 16.1. The van der Waals surface area contributed by atoms with Crippen LogP contribution in [-0.4, -0.2) is 51.2 Å². The Morgan fingerprint density at radius 3 is 2.47 bits per heavy atom. The average molecular weight is 425 g/mol. The number of amides is 1. The van der Waals surface area contributed by atoms with Crippen molar-refractivity contribution >= 4 is 15.7 Å². The van der Waals surface area contributed by atoms with E-state index in [1.54, 1.807) is 12.1 Å². The van der Waals surface area contributed by atoms with Crippen LogP contribution in [0, 0.1) is 5.92 Å². The van der Waals surface area contributed by atoms with Gasteiger partial charge in [-0.2, -0.15) is 0 Å². The number of nitrogens with one attached hydrogen (secondary N) is 1. The predicted octanol–water partition coefficient (Wildman–Crippen LogP) is 2.73. The molecule has 6 heteroatoms. The number of rotatable bonds is 2. The Kier molecular flexibility index (Phi) is 4.94. The molecule has 158 valence electrons. The molecular weight excluding hydrogens is 396 g/mol. The van der Waals surface area contributed by atoms with Gasteiger partial charge in [0.25, 0.3) is 0 Å². The minimum atomic E-state index is -3.27. The quantitative estimate of drug-likeness (QED) is 0.805. The van der Waals surface area contributed by atoms with E-state index in [1.807, 2.05) is 23.1 Å². The lowest BCUT2D eigenvalue weighted by Gasteiger charge is -2.42. The topological polar surface area (TPSA) is 66.5 Å². The van der Waals surface area contributed by atoms with Gasteiger partial charge in [-0.05, 0) is 42.4 Å². The number of likely N-dealkylation sites (tertiary alicyclic amines) is 1. The van der Waals surface area contributed by atoms with Gasteiger partial charge in [-0.3, -0.25) is 4.79 Å². The molecule has 2 fully saturated rings. The number of sulfone groups is 1. The molecule has 2 atom stereocenters. The van der Waals surface area contributed by atoms with Gasteiger partial charge in [0.05, 0.1) is 16.6 Å². The standard InChI is InChI=1S/C24H28N2O3S/c27-23(26-13-10-19(11-14-26)18-6-2-1-3-7-18)21-16-25-17-24(21)12-15-30(28,29)22-9-5-4-8-20(22)24/h1-9,19,21,25H,10-17H2/t21-,24-/m0/s1. The van der Waals surface area contributed by atoms with E-state index < -0.39 is 15.3 Å². The smallest absolute Gasteiger partial charge is 0.227 e. The van der Waals surface area contributed by atoms with Gasteiger partial charge >= 0.3 is 0 Å². The van der Waals surface area contributed by atoms with Crippen LogP contribution < -0.4 is 5.32 Å². The molecule has 2 aromatic rings. The maximum absolute atomic E-state index is 13.6. The Morgan fingerprint density at radius 2 is 1.70 bits per heavy atom. The lowest BCUT2D eigenvalue weighted by molar-refractivity contribution is -0.138. The van der Waals surface area contributed by atoms with Crippen molar-refractivity contribution in [3.63, 3.8) is 0 Å². The number of carbonyl (C=O) groups excluding carboxylic acids is 1. The first kappa shape index (κ1) is 19.8. The van der Waals surface area contributed by atoms with Gasteiger partial charge in [-0.15, -0.1) is 0 Å². The molecule has 5 rings (SSSR count). The van der Waals surface area contributed by atoms with Crippen LogP contribution in [0.1, 0.15) is 36.3 Å². The number of benzene rings is 2. The van der Waals surface area contributed by atoms with E-state index >= 15 is 0 Å². The van der Waals surface area contributed by atoms with E-state index in [0.717, 1.165) is 31.5 Å². The van der Waals surface area contributed by atoms with Gasteiger partial charge in [0.1, 0.15) is 0 Å². The summed E-state index contributed by atoms with van der Waals surface area (Å²) in [6.45, 7) is 2.82. The van der Waals surface area contributed by atoms with Crippen LogP contribution >= 0.6 is 0 Å². The summed E-state index contributed by atoms with van der Waals surface area (Å²) in [7, 11) is -3.27. The molecule has 0 unspecified atom stereocenters. The van der Waals surface area contributed by atoms with Gasteiger partial charge < -0.3 is 10.2 Å². The maximum Gasteiger partial charge on any atom is 0.227 e. The minimum Gasteiger partial charge on any atom is -0.342 e. The number of carbonyl (C=O) groups is 1. The summed E-state index contributed by atoms with van der Waals surface area (Å²) < 4.78 is 25.3. The Labute approximate surface area is 178 Å². The van der Waals surface area contributed by atoms with Crippen molar-refractivity contribution in [2.75, 3.05) is 31.9 Å². The maximum atomic E-state index is 13.6. The van der Waals surface area contributed by atoms with Crippen LogP contribution in [0.3, 0.4) is 0 Å². The lowest BCUT2D eigenvalue weighted by Crippen LogP contribution is -2.50. The second-order valence-electron chi connectivity index (χ2n) is 8.91. The van der Waals surface area contributed by atoms with E-state index in [-0.39, 0.29) is 17.6 Å². The second kappa shape index (κ2) is 7.50.